The van der Waals surface area contributed by atoms with E-state index in [1.807, 2.05) is 0 Å². The predicted molar refractivity (Wildman–Crippen MR) is 81.8 cm³/mol. The van der Waals surface area contributed by atoms with Gasteiger partial charge >= 0.3 is 0 Å². The van der Waals surface area contributed by atoms with Crippen molar-refractivity contribution in [2.24, 2.45) is 0 Å². The third kappa shape index (κ3) is 4.27. The van der Waals surface area contributed by atoms with Crippen LogP contribution in [0.2, 0.25) is 0 Å². The van der Waals surface area contributed by atoms with Crippen LogP contribution >= 0.6 is 15.9 Å². The zero-order valence-electron chi connectivity index (χ0n) is 11.4. The monoisotopic (exact) mass is 363 g/mol. The molecule has 0 aromatic heterocycles. The average Bonchev–Trinajstić information content (AvgIpc) is 2.39. The Kier molecular flexibility index (Phi) is 5.20. The van der Waals surface area contributed by atoms with Crippen molar-refractivity contribution in [1.82, 2.24) is 5.32 Å². The molecule has 0 heterocycles. The molecule has 0 amide bonds. The molecule has 0 aliphatic heterocycles. The Morgan fingerprint density at radius 3 is 2.85 bits per heavy atom. The lowest BCUT2D eigenvalue weighted by Gasteiger charge is -2.29. The van der Waals surface area contributed by atoms with Gasteiger partial charge in [0.15, 0.2) is 0 Å². The summed E-state index contributed by atoms with van der Waals surface area (Å²) in [6.07, 6.45) is 4.59. The molecule has 0 radical (unpaired) electrons. The first kappa shape index (κ1) is 15.9. The molecule has 1 N–H and O–H groups in total. The number of hydrogen-bond acceptors (Lipinski definition) is 3. The lowest BCUT2D eigenvalue weighted by Crippen LogP contribution is -2.38. The molecular weight excluding hydrogens is 345 g/mol. The highest BCUT2D eigenvalue weighted by molar-refractivity contribution is 9.10. The van der Waals surface area contributed by atoms with Gasteiger partial charge in [0.25, 0.3) is 0 Å². The fourth-order valence-electron chi connectivity index (χ4n) is 2.65. The lowest BCUT2D eigenvalue weighted by atomic mass is 9.95. The van der Waals surface area contributed by atoms with Crippen LogP contribution in [-0.4, -0.2) is 26.0 Å². The van der Waals surface area contributed by atoms with Gasteiger partial charge in [0, 0.05) is 23.3 Å². The van der Waals surface area contributed by atoms with Gasteiger partial charge in [-0.1, -0.05) is 22.4 Å². The third-order valence-electron chi connectivity index (χ3n) is 3.82. The minimum Gasteiger partial charge on any atom is -0.310 e. The van der Waals surface area contributed by atoms with Gasteiger partial charge in [0.1, 0.15) is 15.7 Å². The van der Waals surface area contributed by atoms with E-state index in [0.29, 0.717) is 13.0 Å². The van der Waals surface area contributed by atoms with Crippen molar-refractivity contribution in [3.8, 4) is 0 Å². The van der Waals surface area contributed by atoms with E-state index in [9.17, 15) is 12.8 Å². The highest BCUT2D eigenvalue weighted by Crippen LogP contribution is 2.25. The molecule has 112 valence electrons. The molecule has 2 atom stereocenters. The van der Waals surface area contributed by atoms with E-state index in [0.717, 1.165) is 29.3 Å². The largest absolute Gasteiger partial charge is 0.310 e. The molecule has 1 aliphatic rings. The van der Waals surface area contributed by atoms with Gasteiger partial charge in [-0.3, -0.25) is 0 Å². The maximum atomic E-state index is 13.2. The summed E-state index contributed by atoms with van der Waals surface area (Å²) in [5.41, 5.74) is 0.853. The van der Waals surface area contributed by atoms with Crippen LogP contribution < -0.4 is 5.32 Å². The van der Waals surface area contributed by atoms with Crippen molar-refractivity contribution in [1.29, 1.82) is 0 Å². The number of rotatable bonds is 4. The summed E-state index contributed by atoms with van der Waals surface area (Å²) >= 11 is 3.40. The standard InChI is InChI=1S/C14H19BrFNO2S/c1-20(18,19)13-4-2-3-12(8-13)17-9-10-7-11(16)5-6-14(10)15/h5-7,12-13,17H,2-4,8-9H2,1H3. The Hall–Kier alpha value is -0.460. The smallest absolute Gasteiger partial charge is 0.150 e. The molecule has 1 aromatic carbocycles. The van der Waals surface area contributed by atoms with Gasteiger partial charge in [0.05, 0.1) is 5.25 Å². The molecule has 2 rings (SSSR count). The van der Waals surface area contributed by atoms with E-state index in [2.05, 4.69) is 21.2 Å². The summed E-state index contributed by atoms with van der Waals surface area (Å²) in [5.74, 6) is -0.261. The summed E-state index contributed by atoms with van der Waals surface area (Å²) in [5, 5.41) is 3.10. The van der Waals surface area contributed by atoms with Crippen LogP contribution in [0.15, 0.2) is 22.7 Å². The highest BCUT2D eigenvalue weighted by Gasteiger charge is 2.28. The van der Waals surface area contributed by atoms with Crippen molar-refractivity contribution in [3.05, 3.63) is 34.1 Å². The summed E-state index contributed by atoms with van der Waals surface area (Å²) in [4.78, 5) is 0. The van der Waals surface area contributed by atoms with Gasteiger partial charge in [-0.15, -0.1) is 0 Å². The normalized spacial score (nSPS) is 23.8. The van der Waals surface area contributed by atoms with Crippen LogP contribution in [0.1, 0.15) is 31.2 Å². The quantitative estimate of drug-likeness (QED) is 0.893. The van der Waals surface area contributed by atoms with Crippen LogP contribution in [-0.2, 0) is 16.4 Å². The van der Waals surface area contributed by atoms with Crippen LogP contribution in [0.3, 0.4) is 0 Å². The minimum atomic E-state index is -2.97. The van der Waals surface area contributed by atoms with Gasteiger partial charge in [-0.2, -0.15) is 0 Å². The number of nitrogens with one attached hydrogen (secondary N) is 1. The first-order chi connectivity index (χ1) is 9.36. The molecular formula is C14H19BrFNO2S. The van der Waals surface area contributed by atoms with Gasteiger partial charge in [-0.05, 0) is 43.0 Å². The SMILES string of the molecule is CS(=O)(=O)C1CCCC(NCc2cc(F)ccc2Br)C1. The highest BCUT2D eigenvalue weighted by atomic mass is 79.9. The zero-order chi connectivity index (χ0) is 14.8. The number of halogens is 2. The van der Waals surface area contributed by atoms with Crippen molar-refractivity contribution in [2.45, 2.75) is 43.5 Å². The Morgan fingerprint density at radius 2 is 2.15 bits per heavy atom. The van der Waals surface area contributed by atoms with Crippen molar-refractivity contribution >= 4 is 25.8 Å². The van der Waals surface area contributed by atoms with E-state index < -0.39 is 9.84 Å². The lowest BCUT2D eigenvalue weighted by molar-refractivity contribution is 0.370. The van der Waals surface area contributed by atoms with Crippen LogP contribution in [0.4, 0.5) is 4.39 Å². The molecule has 1 aliphatic carbocycles. The third-order valence-corrected chi connectivity index (χ3v) is 6.23. The first-order valence-electron chi connectivity index (χ1n) is 6.72. The molecule has 0 spiro atoms. The fraction of sp³-hybridized carbons (Fsp3) is 0.571. The van der Waals surface area contributed by atoms with Crippen LogP contribution in [0, 0.1) is 5.82 Å². The Balaban J connectivity index is 1.95. The average molecular weight is 364 g/mol. The van der Waals surface area contributed by atoms with E-state index in [4.69, 9.17) is 0 Å². The van der Waals surface area contributed by atoms with Gasteiger partial charge in [0.2, 0.25) is 0 Å². The summed E-state index contributed by atoms with van der Waals surface area (Å²) in [7, 11) is -2.97. The summed E-state index contributed by atoms with van der Waals surface area (Å²) in [6.45, 7) is 0.541. The molecule has 2 unspecified atom stereocenters. The Bertz CT molecular complexity index is 577. The number of benzene rings is 1. The van der Waals surface area contributed by atoms with E-state index in [1.54, 1.807) is 6.07 Å². The van der Waals surface area contributed by atoms with Crippen molar-refractivity contribution in [3.63, 3.8) is 0 Å². The van der Waals surface area contributed by atoms with E-state index >= 15 is 0 Å². The number of sulfone groups is 1. The molecule has 1 fully saturated rings. The molecule has 0 bridgehead atoms. The Labute approximate surface area is 128 Å². The van der Waals surface area contributed by atoms with Crippen molar-refractivity contribution < 1.29 is 12.8 Å². The topological polar surface area (TPSA) is 46.2 Å². The molecule has 0 saturated heterocycles. The van der Waals surface area contributed by atoms with Crippen LogP contribution in [0.25, 0.3) is 0 Å². The maximum Gasteiger partial charge on any atom is 0.150 e. The maximum absolute atomic E-state index is 13.2. The molecule has 1 aromatic rings. The van der Waals surface area contributed by atoms with Crippen LogP contribution in [0.5, 0.6) is 0 Å². The van der Waals surface area contributed by atoms with E-state index in [-0.39, 0.29) is 17.1 Å². The first-order valence-corrected chi connectivity index (χ1v) is 9.47. The molecule has 20 heavy (non-hydrogen) atoms. The second-order valence-corrected chi connectivity index (χ2v) is 8.61. The molecule has 6 heteroatoms. The second-order valence-electron chi connectivity index (χ2n) is 5.43. The van der Waals surface area contributed by atoms with E-state index in [1.165, 1.54) is 18.4 Å². The predicted octanol–water partition coefficient (Wildman–Crippen LogP) is 3.03. The Morgan fingerprint density at radius 1 is 1.40 bits per heavy atom. The second kappa shape index (κ2) is 6.54. The van der Waals surface area contributed by atoms with Gasteiger partial charge in [-0.25, -0.2) is 12.8 Å². The molecule has 3 nitrogen and oxygen atoms in total. The van der Waals surface area contributed by atoms with Gasteiger partial charge < -0.3 is 5.32 Å². The summed E-state index contributed by atoms with van der Waals surface area (Å²) in [6, 6.07) is 4.77. The number of hydrogen-bond donors (Lipinski definition) is 1. The summed E-state index contributed by atoms with van der Waals surface area (Å²) < 4.78 is 37.3. The zero-order valence-corrected chi connectivity index (χ0v) is 13.8. The van der Waals surface area contributed by atoms with Crippen molar-refractivity contribution in [2.75, 3.05) is 6.26 Å². The minimum absolute atomic E-state index is 0.179. The fourth-order valence-corrected chi connectivity index (χ4v) is 4.22. The molecule has 1 saturated carbocycles.